The molecule has 0 saturated carbocycles. The molecule has 0 aliphatic heterocycles. The highest BCUT2D eigenvalue weighted by Gasteiger charge is 2.14. The molecule has 0 unspecified atom stereocenters. The minimum absolute atomic E-state index is 0.0707. The van der Waals surface area contributed by atoms with Crippen LogP contribution in [0.15, 0.2) is 18.2 Å². The Morgan fingerprint density at radius 1 is 1.37 bits per heavy atom. The van der Waals surface area contributed by atoms with Crippen molar-refractivity contribution in [3.63, 3.8) is 0 Å². The molecule has 1 aromatic carbocycles. The average molecular weight is 265 g/mol. The molecule has 1 rings (SSSR count). The van der Waals surface area contributed by atoms with Gasteiger partial charge in [0.2, 0.25) is 0 Å². The van der Waals surface area contributed by atoms with Crippen LogP contribution in [0, 0.1) is 6.92 Å². The van der Waals surface area contributed by atoms with Crippen molar-refractivity contribution in [2.24, 2.45) is 0 Å². The van der Waals surface area contributed by atoms with Gasteiger partial charge in [-0.2, -0.15) is 0 Å². The minimum Gasteiger partial charge on any atom is -0.507 e. The van der Waals surface area contributed by atoms with Gasteiger partial charge in [-0.1, -0.05) is 25.0 Å². The van der Waals surface area contributed by atoms with Gasteiger partial charge in [-0.25, -0.2) is 4.79 Å². The second-order valence-corrected chi connectivity index (χ2v) is 4.30. The summed E-state index contributed by atoms with van der Waals surface area (Å²) in [5, 5.41) is 12.2. The summed E-state index contributed by atoms with van der Waals surface area (Å²) >= 11 is 0. The molecule has 0 saturated heterocycles. The van der Waals surface area contributed by atoms with Gasteiger partial charge >= 0.3 is 5.97 Å². The number of benzene rings is 1. The van der Waals surface area contributed by atoms with E-state index in [0.717, 1.165) is 18.4 Å². The summed E-state index contributed by atoms with van der Waals surface area (Å²) in [6.45, 7) is 4.05. The van der Waals surface area contributed by atoms with Crippen molar-refractivity contribution in [2.45, 2.75) is 26.7 Å². The third-order valence-electron chi connectivity index (χ3n) is 2.56. The Morgan fingerprint density at radius 3 is 2.79 bits per heavy atom. The molecule has 5 nitrogen and oxygen atoms in total. The number of hydrogen-bond acceptors (Lipinski definition) is 4. The van der Waals surface area contributed by atoms with Crippen LogP contribution >= 0.6 is 0 Å². The fourth-order valence-electron chi connectivity index (χ4n) is 1.48. The van der Waals surface area contributed by atoms with Crippen molar-refractivity contribution in [1.29, 1.82) is 0 Å². The summed E-state index contributed by atoms with van der Waals surface area (Å²) in [4.78, 5) is 23.0. The number of hydrogen-bond donors (Lipinski definition) is 2. The lowest BCUT2D eigenvalue weighted by atomic mass is 10.1. The molecular formula is C14H19NO4. The van der Waals surface area contributed by atoms with Crippen LogP contribution in [0.4, 0.5) is 0 Å². The van der Waals surface area contributed by atoms with Gasteiger partial charge in [0, 0.05) is 6.54 Å². The fourth-order valence-corrected chi connectivity index (χ4v) is 1.48. The average Bonchev–Trinajstić information content (AvgIpc) is 2.39. The van der Waals surface area contributed by atoms with Crippen LogP contribution in [0.25, 0.3) is 0 Å². The Hall–Kier alpha value is -2.04. The standard InChI is InChI=1S/C14H19NO4/c1-3-4-7-15-13(17)9-19-14(18)11-8-10(2)5-6-12(11)16/h5-6,8,16H,3-4,7,9H2,1-2H3,(H,15,17). The van der Waals surface area contributed by atoms with E-state index in [2.05, 4.69) is 5.32 Å². The Labute approximate surface area is 112 Å². The van der Waals surface area contributed by atoms with E-state index in [-0.39, 0.29) is 23.8 Å². The second-order valence-electron chi connectivity index (χ2n) is 4.30. The van der Waals surface area contributed by atoms with Gasteiger partial charge in [0.1, 0.15) is 11.3 Å². The number of nitrogens with one attached hydrogen (secondary N) is 1. The molecule has 1 amide bonds. The highest BCUT2D eigenvalue weighted by atomic mass is 16.5. The van der Waals surface area contributed by atoms with Gasteiger partial charge in [-0.15, -0.1) is 0 Å². The predicted molar refractivity (Wildman–Crippen MR) is 71.0 cm³/mol. The first-order valence-corrected chi connectivity index (χ1v) is 6.28. The zero-order valence-corrected chi connectivity index (χ0v) is 11.2. The maximum atomic E-state index is 11.7. The smallest absolute Gasteiger partial charge is 0.342 e. The molecule has 0 aliphatic carbocycles. The fraction of sp³-hybridized carbons (Fsp3) is 0.429. The maximum absolute atomic E-state index is 11.7. The van der Waals surface area contributed by atoms with Crippen LogP contribution in [-0.4, -0.2) is 30.1 Å². The van der Waals surface area contributed by atoms with Crippen molar-refractivity contribution in [1.82, 2.24) is 5.32 Å². The van der Waals surface area contributed by atoms with Gasteiger partial charge in [-0.05, 0) is 25.5 Å². The van der Waals surface area contributed by atoms with E-state index in [1.807, 2.05) is 6.92 Å². The normalized spacial score (nSPS) is 10.0. The quantitative estimate of drug-likeness (QED) is 0.607. The van der Waals surface area contributed by atoms with Gasteiger partial charge in [0.25, 0.3) is 5.91 Å². The summed E-state index contributed by atoms with van der Waals surface area (Å²) < 4.78 is 4.85. The minimum atomic E-state index is -0.702. The van der Waals surface area contributed by atoms with E-state index < -0.39 is 5.97 Å². The van der Waals surface area contributed by atoms with Crippen molar-refractivity contribution in [2.75, 3.05) is 13.2 Å². The lowest BCUT2D eigenvalue weighted by molar-refractivity contribution is -0.124. The number of phenols is 1. The topological polar surface area (TPSA) is 75.6 Å². The summed E-state index contributed by atoms with van der Waals surface area (Å²) in [6, 6.07) is 4.63. The monoisotopic (exact) mass is 265 g/mol. The van der Waals surface area contributed by atoms with E-state index in [0.29, 0.717) is 6.54 Å². The number of carbonyl (C=O) groups excluding carboxylic acids is 2. The van der Waals surface area contributed by atoms with Gasteiger partial charge in [-0.3, -0.25) is 4.79 Å². The third kappa shape index (κ3) is 4.99. The van der Waals surface area contributed by atoms with Gasteiger partial charge in [0.05, 0.1) is 0 Å². The zero-order chi connectivity index (χ0) is 14.3. The SMILES string of the molecule is CCCCNC(=O)COC(=O)c1cc(C)ccc1O. The molecule has 0 aromatic heterocycles. The Kier molecular flexibility index (Phi) is 5.85. The lowest BCUT2D eigenvalue weighted by Crippen LogP contribution is -2.29. The summed E-state index contributed by atoms with van der Waals surface area (Å²) in [5.74, 6) is -1.19. The molecule has 0 fully saturated rings. The first kappa shape index (κ1) is 15.0. The number of esters is 1. The molecule has 0 radical (unpaired) electrons. The van der Waals surface area contributed by atoms with Crippen LogP contribution in [0.2, 0.25) is 0 Å². The molecule has 1 aromatic rings. The van der Waals surface area contributed by atoms with E-state index in [1.54, 1.807) is 13.0 Å². The lowest BCUT2D eigenvalue weighted by Gasteiger charge is -2.07. The van der Waals surface area contributed by atoms with E-state index in [1.165, 1.54) is 12.1 Å². The van der Waals surface area contributed by atoms with E-state index in [9.17, 15) is 14.7 Å². The third-order valence-corrected chi connectivity index (χ3v) is 2.56. The summed E-state index contributed by atoms with van der Waals surface area (Å²) in [6.07, 6.45) is 1.87. The van der Waals surface area contributed by atoms with E-state index in [4.69, 9.17) is 4.74 Å². The Bertz CT molecular complexity index is 457. The molecule has 0 bridgehead atoms. The zero-order valence-electron chi connectivity index (χ0n) is 11.2. The Morgan fingerprint density at radius 2 is 2.11 bits per heavy atom. The van der Waals surface area contributed by atoms with Crippen LogP contribution in [0.1, 0.15) is 35.7 Å². The number of phenolic OH excluding ortho intramolecular Hbond substituents is 1. The largest absolute Gasteiger partial charge is 0.507 e. The molecule has 19 heavy (non-hydrogen) atoms. The number of unbranched alkanes of at least 4 members (excludes halogenated alkanes) is 1. The van der Waals surface area contributed by atoms with Gasteiger partial charge in [0.15, 0.2) is 6.61 Å². The molecule has 2 N–H and O–H groups in total. The number of carbonyl (C=O) groups is 2. The van der Waals surface area contributed by atoms with Gasteiger partial charge < -0.3 is 15.2 Å². The second kappa shape index (κ2) is 7.41. The van der Waals surface area contributed by atoms with Crippen molar-refractivity contribution in [3.8, 4) is 5.75 Å². The number of amides is 1. The van der Waals surface area contributed by atoms with Crippen LogP contribution < -0.4 is 5.32 Å². The van der Waals surface area contributed by atoms with Crippen molar-refractivity contribution >= 4 is 11.9 Å². The van der Waals surface area contributed by atoms with Crippen LogP contribution in [0.5, 0.6) is 5.75 Å². The molecule has 0 spiro atoms. The van der Waals surface area contributed by atoms with Crippen molar-refractivity contribution < 1.29 is 19.4 Å². The highest BCUT2D eigenvalue weighted by Crippen LogP contribution is 2.18. The van der Waals surface area contributed by atoms with E-state index >= 15 is 0 Å². The predicted octanol–water partition coefficient (Wildman–Crippen LogP) is 1.77. The summed E-state index contributed by atoms with van der Waals surface area (Å²) in [7, 11) is 0. The number of aromatic hydroxyl groups is 1. The molecule has 0 heterocycles. The molecule has 5 heteroatoms. The molecular weight excluding hydrogens is 246 g/mol. The van der Waals surface area contributed by atoms with Crippen molar-refractivity contribution in [3.05, 3.63) is 29.3 Å². The Balaban J connectivity index is 2.47. The number of rotatable bonds is 6. The summed E-state index contributed by atoms with van der Waals surface area (Å²) in [5.41, 5.74) is 0.901. The van der Waals surface area contributed by atoms with Crippen LogP contribution in [0.3, 0.4) is 0 Å². The number of ether oxygens (including phenoxy) is 1. The molecule has 0 atom stereocenters. The first-order chi connectivity index (χ1) is 9.04. The maximum Gasteiger partial charge on any atom is 0.342 e. The first-order valence-electron chi connectivity index (χ1n) is 6.28. The highest BCUT2D eigenvalue weighted by molar-refractivity contribution is 5.94. The van der Waals surface area contributed by atoms with Crippen LogP contribution in [-0.2, 0) is 9.53 Å². The molecule has 0 aliphatic rings. The molecule has 104 valence electrons. The number of aryl methyl sites for hydroxylation is 1.